The van der Waals surface area contributed by atoms with Crippen molar-refractivity contribution >= 4 is 36.0 Å². The molecule has 0 aromatic rings. The summed E-state index contributed by atoms with van der Waals surface area (Å²) in [6, 6.07) is 0.513. The molecule has 1 saturated heterocycles. The minimum atomic E-state index is -0.468. The normalized spacial score (nSPS) is 24.4. The zero-order chi connectivity index (χ0) is 21.3. The van der Waals surface area contributed by atoms with Gasteiger partial charge < -0.3 is 30.2 Å². The van der Waals surface area contributed by atoms with Crippen molar-refractivity contribution in [1.29, 1.82) is 0 Å². The first-order chi connectivity index (χ1) is 13.8. The van der Waals surface area contributed by atoms with Gasteiger partial charge in [0.15, 0.2) is 5.96 Å². The molecule has 1 aliphatic heterocycles. The maximum Gasteiger partial charge on any atom is 0.407 e. The number of alkyl carbamates (subject to hydrolysis) is 1. The number of amides is 1. The maximum absolute atomic E-state index is 12.0. The van der Waals surface area contributed by atoms with E-state index in [0.717, 1.165) is 64.2 Å². The number of hydrogen-bond donors (Lipinski definition) is 3. The van der Waals surface area contributed by atoms with Crippen LogP contribution in [-0.4, -0.2) is 68.8 Å². The Morgan fingerprint density at radius 3 is 2.17 bits per heavy atom. The van der Waals surface area contributed by atoms with Crippen molar-refractivity contribution < 1.29 is 19.0 Å². The van der Waals surface area contributed by atoms with E-state index in [0.29, 0.717) is 12.6 Å². The van der Waals surface area contributed by atoms with E-state index in [9.17, 15) is 4.79 Å². The van der Waals surface area contributed by atoms with Gasteiger partial charge in [0.1, 0.15) is 5.60 Å². The van der Waals surface area contributed by atoms with Crippen molar-refractivity contribution in [2.75, 3.05) is 33.4 Å². The molecule has 0 bridgehead atoms. The van der Waals surface area contributed by atoms with Gasteiger partial charge in [0, 0.05) is 51.8 Å². The summed E-state index contributed by atoms with van der Waals surface area (Å²) in [5, 5.41) is 9.89. The molecule has 1 saturated carbocycles. The number of carbonyl (C=O) groups is 1. The zero-order valence-corrected chi connectivity index (χ0v) is 21.5. The van der Waals surface area contributed by atoms with E-state index >= 15 is 0 Å². The van der Waals surface area contributed by atoms with Crippen LogP contribution in [0.3, 0.4) is 0 Å². The molecule has 0 spiro atoms. The molecule has 2 rings (SSSR count). The fourth-order valence-electron chi connectivity index (χ4n) is 3.76. The second kappa shape index (κ2) is 12.9. The Labute approximate surface area is 198 Å². The van der Waals surface area contributed by atoms with Crippen LogP contribution < -0.4 is 16.0 Å². The second-order valence-electron chi connectivity index (χ2n) is 9.03. The van der Waals surface area contributed by atoms with Crippen molar-refractivity contribution in [3.63, 3.8) is 0 Å². The van der Waals surface area contributed by atoms with Gasteiger partial charge in [-0.15, -0.1) is 24.0 Å². The van der Waals surface area contributed by atoms with Gasteiger partial charge >= 0.3 is 6.09 Å². The van der Waals surface area contributed by atoms with E-state index in [4.69, 9.17) is 19.2 Å². The SMILES string of the molecule is CCNC(=NCC1(OC)CCOCC1)NC1CCC(NC(=O)OC(C)(C)C)CC1.I. The van der Waals surface area contributed by atoms with Gasteiger partial charge in [-0.3, -0.25) is 4.99 Å². The lowest BCUT2D eigenvalue weighted by Crippen LogP contribution is -2.49. The van der Waals surface area contributed by atoms with Crippen LogP contribution in [0.1, 0.15) is 66.2 Å². The first kappa shape index (κ1) is 27.2. The molecule has 0 unspecified atom stereocenters. The van der Waals surface area contributed by atoms with E-state index in [1.807, 2.05) is 20.8 Å². The Bertz CT molecular complexity index is 540. The van der Waals surface area contributed by atoms with Crippen molar-refractivity contribution in [3.05, 3.63) is 0 Å². The maximum atomic E-state index is 12.0. The summed E-state index contributed by atoms with van der Waals surface area (Å²) in [5.74, 6) is 0.832. The van der Waals surface area contributed by atoms with Crippen LogP contribution in [0, 0.1) is 0 Å². The third-order valence-electron chi connectivity index (χ3n) is 5.50. The van der Waals surface area contributed by atoms with E-state index in [1.165, 1.54) is 0 Å². The molecule has 0 aromatic carbocycles. The Morgan fingerprint density at radius 1 is 1.10 bits per heavy atom. The molecule has 0 atom stereocenters. The third kappa shape index (κ3) is 9.55. The van der Waals surface area contributed by atoms with Crippen LogP contribution in [0.25, 0.3) is 0 Å². The number of nitrogens with zero attached hydrogens (tertiary/aromatic N) is 1. The van der Waals surface area contributed by atoms with Crippen molar-refractivity contribution in [2.45, 2.75) is 89.5 Å². The first-order valence-corrected chi connectivity index (χ1v) is 10.9. The summed E-state index contributed by atoms with van der Waals surface area (Å²) >= 11 is 0. The summed E-state index contributed by atoms with van der Waals surface area (Å²) in [6.45, 7) is 10.6. The molecule has 176 valence electrons. The Kier molecular flexibility index (Phi) is 11.7. The van der Waals surface area contributed by atoms with Gasteiger partial charge in [0.25, 0.3) is 0 Å². The van der Waals surface area contributed by atoms with Crippen molar-refractivity contribution in [2.24, 2.45) is 4.99 Å². The number of guanidine groups is 1. The quantitative estimate of drug-likeness (QED) is 0.272. The molecule has 0 radical (unpaired) electrons. The van der Waals surface area contributed by atoms with E-state index in [-0.39, 0.29) is 41.7 Å². The number of aliphatic imine (C=N–C) groups is 1. The molecule has 9 heteroatoms. The summed E-state index contributed by atoms with van der Waals surface area (Å²) in [5.41, 5.74) is -0.695. The Morgan fingerprint density at radius 2 is 1.67 bits per heavy atom. The predicted octanol–water partition coefficient (Wildman–Crippen LogP) is 3.19. The average molecular weight is 540 g/mol. The fourth-order valence-corrected chi connectivity index (χ4v) is 3.76. The van der Waals surface area contributed by atoms with Crippen LogP contribution in [-0.2, 0) is 14.2 Å². The molecule has 3 N–H and O–H groups in total. The smallest absolute Gasteiger partial charge is 0.407 e. The van der Waals surface area contributed by atoms with Crippen LogP contribution in [0.15, 0.2) is 4.99 Å². The number of carbonyl (C=O) groups excluding carboxylic acids is 1. The van der Waals surface area contributed by atoms with Crippen LogP contribution in [0.5, 0.6) is 0 Å². The molecule has 2 aliphatic rings. The largest absolute Gasteiger partial charge is 0.444 e. The van der Waals surface area contributed by atoms with Crippen LogP contribution >= 0.6 is 24.0 Å². The summed E-state index contributed by atoms with van der Waals surface area (Å²) in [6.07, 6.45) is 5.22. The second-order valence-corrected chi connectivity index (χ2v) is 9.03. The summed E-state index contributed by atoms with van der Waals surface area (Å²) in [4.78, 5) is 16.8. The highest BCUT2D eigenvalue weighted by atomic mass is 127. The molecule has 1 amide bonds. The van der Waals surface area contributed by atoms with Gasteiger partial charge in [0.2, 0.25) is 0 Å². The third-order valence-corrected chi connectivity index (χ3v) is 5.50. The van der Waals surface area contributed by atoms with Gasteiger partial charge in [0.05, 0.1) is 12.1 Å². The van der Waals surface area contributed by atoms with E-state index < -0.39 is 5.60 Å². The van der Waals surface area contributed by atoms with E-state index in [2.05, 4.69) is 22.9 Å². The van der Waals surface area contributed by atoms with Crippen LogP contribution in [0.2, 0.25) is 0 Å². The van der Waals surface area contributed by atoms with Gasteiger partial charge in [-0.2, -0.15) is 0 Å². The molecular weight excluding hydrogens is 499 g/mol. The highest BCUT2D eigenvalue weighted by Crippen LogP contribution is 2.25. The van der Waals surface area contributed by atoms with Crippen LogP contribution in [0.4, 0.5) is 4.79 Å². The molecule has 8 nitrogen and oxygen atoms in total. The standard InChI is InChI=1S/C21H40N4O4.HI/c1-6-22-18(23-15-21(27-5)11-13-28-14-12-21)24-16-7-9-17(10-8-16)25-19(26)29-20(2,3)4;/h16-17H,6-15H2,1-5H3,(H,25,26)(H2,22,23,24);1H. The Hall–Kier alpha value is -0.810. The monoisotopic (exact) mass is 540 g/mol. The highest BCUT2D eigenvalue weighted by molar-refractivity contribution is 14.0. The van der Waals surface area contributed by atoms with E-state index in [1.54, 1.807) is 7.11 Å². The lowest BCUT2D eigenvalue weighted by molar-refractivity contribution is -0.0828. The van der Waals surface area contributed by atoms with Gasteiger partial charge in [-0.1, -0.05) is 0 Å². The van der Waals surface area contributed by atoms with Gasteiger partial charge in [-0.05, 0) is 53.4 Å². The molecule has 2 fully saturated rings. The predicted molar refractivity (Wildman–Crippen MR) is 130 cm³/mol. The highest BCUT2D eigenvalue weighted by Gasteiger charge is 2.32. The number of methoxy groups -OCH3 is 1. The molecular formula is C21H41IN4O4. The van der Waals surface area contributed by atoms with Gasteiger partial charge in [-0.25, -0.2) is 4.79 Å². The number of hydrogen-bond acceptors (Lipinski definition) is 5. The molecule has 30 heavy (non-hydrogen) atoms. The number of nitrogens with one attached hydrogen (secondary N) is 3. The zero-order valence-electron chi connectivity index (χ0n) is 19.2. The fraction of sp³-hybridized carbons (Fsp3) is 0.905. The summed E-state index contributed by atoms with van der Waals surface area (Å²) in [7, 11) is 1.76. The first-order valence-electron chi connectivity index (χ1n) is 10.9. The van der Waals surface area contributed by atoms with Crippen molar-refractivity contribution in [3.8, 4) is 0 Å². The minimum Gasteiger partial charge on any atom is -0.444 e. The topological polar surface area (TPSA) is 93.2 Å². The van der Waals surface area contributed by atoms with Crippen molar-refractivity contribution in [1.82, 2.24) is 16.0 Å². The minimum absolute atomic E-state index is 0. The lowest BCUT2D eigenvalue weighted by atomic mass is 9.91. The molecule has 1 aliphatic carbocycles. The summed E-state index contributed by atoms with van der Waals surface area (Å²) < 4.78 is 16.6. The molecule has 0 aromatic heterocycles. The number of halogens is 1. The number of ether oxygens (including phenoxy) is 3. The Balaban J connectivity index is 0.00000450. The number of rotatable bonds is 6. The molecule has 1 heterocycles. The average Bonchev–Trinajstić information content (AvgIpc) is 2.67. The lowest BCUT2D eigenvalue weighted by Gasteiger charge is -2.35.